The van der Waals surface area contributed by atoms with E-state index in [9.17, 15) is 4.79 Å². The first-order valence-electron chi connectivity index (χ1n) is 6.68. The monoisotopic (exact) mass is 282 g/mol. The lowest BCUT2D eigenvalue weighted by atomic mass is 10.1. The Labute approximate surface area is 123 Å². The zero-order valence-electron chi connectivity index (χ0n) is 11.6. The van der Waals surface area contributed by atoms with Gasteiger partial charge in [-0.05, 0) is 43.5 Å². The minimum Gasteiger partial charge on any atom is -0.490 e. The summed E-state index contributed by atoms with van der Waals surface area (Å²) in [4.78, 5) is 11.7. The Kier molecular flexibility index (Phi) is 4.58. The Morgan fingerprint density at radius 2 is 2.05 bits per heavy atom. The van der Waals surface area contributed by atoms with Gasteiger partial charge in [-0.2, -0.15) is 10.5 Å². The van der Waals surface area contributed by atoms with Gasteiger partial charge >= 0.3 is 5.97 Å². The Morgan fingerprint density at radius 1 is 1.33 bits per heavy atom. The summed E-state index contributed by atoms with van der Waals surface area (Å²) in [5.74, 6) is 0.550. The van der Waals surface area contributed by atoms with Crippen LogP contribution >= 0.6 is 0 Å². The predicted molar refractivity (Wildman–Crippen MR) is 75.2 cm³/mol. The summed E-state index contributed by atoms with van der Waals surface area (Å²) in [6.45, 7) is 2.25. The van der Waals surface area contributed by atoms with Crippen LogP contribution in [-0.2, 0) is 4.79 Å². The van der Waals surface area contributed by atoms with Crippen molar-refractivity contribution in [3.05, 3.63) is 29.3 Å². The lowest BCUT2D eigenvalue weighted by Crippen LogP contribution is -2.11. The van der Waals surface area contributed by atoms with E-state index in [-0.39, 0.29) is 17.5 Å². The molecular weight excluding hydrogens is 268 g/mol. The highest BCUT2D eigenvalue weighted by Gasteiger charge is 2.32. The van der Waals surface area contributed by atoms with E-state index >= 15 is 0 Å². The lowest BCUT2D eigenvalue weighted by molar-refractivity contribution is -0.135. The molecule has 1 aliphatic carbocycles. The molecule has 0 radical (unpaired) electrons. The van der Waals surface area contributed by atoms with Crippen molar-refractivity contribution in [2.75, 3.05) is 6.61 Å². The van der Waals surface area contributed by atoms with E-state index in [1.165, 1.54) is 6.08 Å². The number of hydrogen-bond acceptors (Lipinski definition) is 5. The Bertz CT molecular complexity index is 645. The van der Waals surface area contributed by atoms with Gasteiger partial charge in [0.15, 0.2) is 11.5 Å². The summed E-state index contributed by atoms with van der Waals surface area (Å²) in [5.41, 5.74) is 0.642. The number of carbonyl (C=O) groups excluding carboxylic acids is 1. The third-order valence-corrected chi connectivity index (χ3v) is 2.94. The maximum Gasteiger partial charge on any atom is 0.314 e. The first kappa shape index (κ1) is 14.6. The van der Waals surface area contributed by atoms with Crippen molar-refractivity contribution in [3.63, 3.8) is 0 Å². The number of benzene rings is 1. The molecule has 0 saturated heterocycles. The topological polar surface area (TPSA) is 83.1 Å². The number of nitriles is 2. The second-order valence-electron chi connectivity index (χ2n) is 4.62. The van der Waals surface area contributed by atoms with E-state index in [4.69, 9.17) is 20.0 Å². The van der Waals surface area contributed by atoms with Crippen LogP contribution in [0.5, 0.6) is 11.5 Å². The molecule has 0 aromatic heterocycles. The van der Waals surface area contributed by atoms with Crippen LogP contribution in [0.4, 0.5) is 0 Å². The molecule has 0 amide bonds. The average molecular weight is 282 g/mol. The third-order valence-electron chi connectivity index (χ3n) is 2.94. The van der Waals surface area contributed by atoms with Gasteiger partial charge in [-0.3, -0.25) is 4.79 Å². The van der Waals surface area contributed by atoms with Crippen LogP contribution in [-0.4, -0.2) is 12.6 Å². The van der Waals surface area contributed by atoms with Gasteiger partial charge in [0.2, 0.25) is 0 Å². The fraction of sp³-hybridized carbons (Fsp3) is 0.312. The number of allylic oxidation sites excluding steroid dienone is 1. The highest BCUT2D eigenvalue weighted by Crippen LogP contribution is 2.34. The molecule has 21 heavy (non-hydrogen) atoms. The second-order valence-corrected chi connectivity index (χ2v) is 4.62. The van der Waals surface area contributed by atoms with Crippen molar-refractivity contribution in [1.82, 2.24) is 0 Å². The number of ether oxygens (including phenoxy) is 2. The van der Waals surface area contributed by atoms with E-state index in [0.717, 1.165) is 12.8 Å². The van der Waals surface area contributed by atoms with Crippen LogP contribution in [0.1, 0.15) is 25.3 Å². The van der Waals surface area contributed by atoms with Crippen LogP contribution in [0.2, 0.25) is 0 Å². The molecule has 0 bridgehead atoms. The quantitative estimate of drug-likeness (QED) is 0.471. The highest BCUT2D eigenvalue weighted by molar-refractivity contribution is 5.78. The molecule has 1 saturated carbocycles. The molecule has 5 heteroatoms. The van der Waals surface area contributed by atoms with Crippen LogP contribution in [0, 0.1) is 28.6 Å². The summed E-state index contributed by atoms with van der Waals surface area (Å²) in [5, 5.41) is 17.5. The van der Waals surface area contributed by atoms with Gasteiger partial charge in [0.25, 0.3) is 0 Å². The van der Waals surface area contributed by atoms with Crippen molar-refractivity contribution in [2.24, 2.45) is 5.92 Å². The molecule has 0 unspecified atom stereocenters. The molecule has 1 aromatic rings. The van der Waals surface area contributed by atoms with Gasteiger partial charge < -0.3 is 9.47 Å². The molecule has 1 aliphatic rings. The van der Waals surface area contributed by atoms with Gasteiger partial charge in [-0.25, -0.2) is 0 Å². The minimum atomic E-state index is -0.242. The Morgan fingerprint density at radius 3 is 2.62 bits per heavy atom. The van der Waals surface area contributed by atoms with Gasteiger partial charge in [0.05, 0.1) is 12.5 Å². The first-order valence-corrected chi connectivity index (χ1v) is 6.68. The summed E-state index contributed by atoms with van der Waals surface area (Å²) in [6.07, 6.45) is 3.20. The Balaban J connectivity index is 2.26. The fourth-order valence-corrected chi connectivity index (χ4v) is 1.73. The third kappa shape index (κ3) is 3.84. The van der Waals surface area contributed by atoms with Crippen molar-refractivity contribution in [2.45, 2.75) is 19.8 Å². The van der Waals surface area contributed by atoms with Crippen LogP contribution in [0.3, 0.4) is 0 Å². The number of hydrogen-bond donors (Lipinski definition) is 0. The molecule has 1 fully saturated rings. The van der Waals surface area contributed by atoms with Crippen molar-refractivity contribution >= 4 is 12.0 Å². The van der Waals surface area contributed by atoms with Crippen LogP contribution in [0.25, 0.3) is 6.08 Å². The highest BCUT2D eigenvalue weighted by atomic mass is 16.6. The van der Waals surface area contributed by atoms with E-state index in [0.29, 0.717) is 23.7 Å². The molecule has 0 atom stereocenters. The first-order chi connectivity index (χ1) is 10.2. The minimum absolute atomic E-state index is 0.000161. The SMILES string of the molecule is CCOc1cc(C=C(C#N)C#N)ccc1OC(=O)C1CC1. The smallest absolute Gasteiger partial charge is 0.314 e. The molecular formula is C16H14N2O3. The van der Waals surface area contributed by atoms with Crippen molar-refractivity contribution in [3.8, 4) is 23.6 Å². The van der Waals surface area contributed by atoms with Gasteiger partial charge in [-0.1, -0.05) is 6.07 Å². The molecule has 106 valence electrons. The zero-order chi connectivity index (χ0) is 15.2. The van der Waals surface area contributed by atoms with E-state index in [1.807, 2.05) is 6.92 Å². The molecule has 0 N–H and O–H groups in total. The van der Waals surface area contributed by atoms with E-state index in [2.05, 4.69) is 0 Å². The van der Waals surface area contributed by atoms with Crippen molar-refractivity contribution < 1.29 is 14.3 Å². The summed E-state index contributed by atoms with van der Waals surface area (Å²) < 4.78 is 10.8. The predicted octanol–water partition coefficient (Wildman–Crippen LogP) is 2.83. The number of carbonyl (C=O) groups is 1. The lowest BCUT2D eigenvalue weighted by Gasteiger charge is -2.11. The maximum atomic E-state index is 11.7. The molecule has 2 rings (SSSR count). The number of nitrogens with zero attached hydrogens (tertiary/aromatic N) is 2. The normalized spacial score (nSPS) is 12.7. The largest absolute Gasteiger partial charge is 0.490 e. The molecule has 0 aliphatic heterocycles. The summed E-state index contributed by atoms with van der Waals surface area (Å²) in [6, 6.07) is 8.53. The van der Waals surface area contributed by atoms with Gasteiger partial charge in [0, 0.05) is 0 Å². The molecule has 0 heterocycles. The fourth-order valence-electron chi connectivity index (χ4n) is 1.73. The second kappa shape index (κ2) is 6.58. The number of esters is 1. The van der Waals surface area contributed by atoms with Crippen LogP contribution in [0.15, 0.2) is 23.8 Å². The summed E-state index contributed by atoms with van der Waals surface area (Å²) >= 11 is 0. The molecule has 1 aromatic carbocycles. The zero-order valence-corrected chi connectivity index (χ0v) is 11.6. The molecule has 5 nitrogen and oxygen atoms in total. The summed E-state index contributed by atoms with van der Waals surface area (Å²) in [7, 11) is 0. The van der Waals surface area contributed by atoms with Gasteiger partial charge in [0.1, 0.15) is 17.7 Å². The molecule has 0 spiro atoms. The van der Waals surface area contributed by atoms with E-state index < -0.39 is 0 Å². The number of rotatable bonds is 5. The maximum absolute atomic E-state index is 11.7. The van der Waals surface area contributed by atoms with Crippen molar-refractivity contribution in [1.29, 1.82) is 10.5 Å². The Hall–Kier alpha value is -2.79. The van der Waals surface area contributed by atoms with Crippen LogP contribution < -0.4 is 9.47 Å². The van der Waals surface area contributed by atoms with E-state index in [1.54, 1.807) is 30.3 Å². The standard InChI is InChI=1S/C16H14N2O3/c1-2-20-15-8-11(7-12(9-17)10-18)3-6-14(15)21-16(19)13-4-5-13/h3,6-8,13H,2,4-5H2,1H3. The average Bonchev–Trinajstić information content (AvgIpc) is 3.32. The van der Waals surface area contributed by atoms with Gasteiger partial charge in [-0.15, -0.1) is 0 Å².